The summed E-state index contributed by atoms with van der Waals surface area (Å²) in [5, 5.41) is 1.10. The molecule has 124 valence electrons. The van der Waals surface area contributed by atoms with E-state index in [2.05, 4.69) is 18.2 Å². The van der Waals surface area contributed by atoms with Crippen LogP contribution in [0.15, 0.2) is 77.2 Å². The number of rotatable bonds is 4. The fraction of sp³-hybridized carbons (Fsp3) is 0.0909. The summed E-state index contributed by atoms with van der Waals surface area (Å²) < 4.78 is 16.7. The van der Waals surface area contributed by atoms with Gasteiger partial charge in [-0.15, -0.1) is 0 Å². The zero-order valence-electron chi connectivity index (χ0n) is 14.2. The van der Waals surface area contributed by atoms with Crippen LogP contribution < -0.4 is 9.47 Å². The topological polar surface area (TPSA) is 31.6 Å². The molecule has 3 aromatic carbocycles. The number of hydrogen-bond acceptors (Lipinski definition) is 3. The van der Waals surface area contributed by atoms with Crippen LogP contribution in [0.2, 0.25) is 0 Å². The van der Waals surface area contributed by atoms with Crippen molar-refractivity contribution in [3.8, 4) is 33.9 Å². The molecule has 0 unspecified atom stereocenters. The van der Waals surface area contributed by atoms with Crippen molar-refractivity contribution in [3.05, 3.63) is 72.8 Å². The first-order chi connectivity index (χ1) is 12.3. The lowest BCUT2D eigenvalue weighted by Gasteiger charge is -2.06. The molecule has 4 rings (SSSR count). The summed E-state index contributed by atoms with van der Waals surface area (Å²) in [5.41, 5.74) is 4.07. The zero-order chi connectivity index (χ0) is 17.2. The van der Waals surface area contributed by atoms with Crippen LogP contribution in [0.25, 0.3) is 33.4 Å². The molecule has 0 atom stereocenters. The fourth-order valence-electron chi connectivity index (χ4n) is 3.04. The third-order valence-corrected chi connectivity index (χ3v) is 4.33. The Balaban J connectivity index is 1.93. The number of ether oxygens (including phenoxy) is 2. The van der Waals surface area contributed by atoms with Gasteiger partial charge in [-0.3, -0.25) is 0 Å². The minimum absolute atomic E-state index is 0.825. The molecule has 0 aliphatic heterocycles. The summed E-state index contributed by atoms with van der Waals surface area (Å²) in [6.07, 6.45) is 0. The van der Waals surface area contributed by atoms with Crippen LogP contribution in [0, 0.1) is 0 Å². The predicted octanol–water partition coefficient (Wildman–Crippen LogP) is 5.78. The average Bonchev–Trinajstić information content (AvgIpc) is 3.07. The molecule has 25 heavy (non-hydrogen) atoms. The summed E-state index contributed by atoms with van der Waals surface area (Å²) in [6.45, 7) is 0. The molecule has 4 aromatic rings. The van der Waals surface area contributed by atoms with Crippen molar-refractivity contribution in [1.82, 2.24) is 0 Å². The lowest BCUT2D eigenvalue weighted by atomic mass is 9.98. The van der Waals surface area contributed by atoms with Gasteiger partial charge in [0.05, 0.1) is 14.2 Å². The number of para-hydroxylation sites is 1. The Morgan fingerprint density at radius 3 is 1.80 bits per heavy atom. The van der Waals surface area contributed by atoms with Gasteiger partial charge in [-0.05, 0) is 48.0 Å². The van der Waals surface area contributed by atoms with Gasteiger partial charge in [-0.1, -0.05) is 30.3 Å². The standard InChI is InChI=1S/C22H18O3/c1-23-17-11-7-15(8-12-17)21-19-5-3-4-6-20(19)25-22(21)16-9-13-18(24-2)14-10-16/h3-14H,1-2H3. The molecule has 0 spiro atoms. The van der Waals surface area contributed by atoms with Crippen molar-refractivity contribution in [2.24, 2.45) is 0 Å². The van der Waals surface area contributed by atoms with E-state index in [9.17, 15) is 0 Å². The summed E-state index contributed by atoms with van der Waals surface area (Å²) in [7, 11) is 3.34. The highest BCUT2D eigenvalue weighted by atomic mass is 16.5. The van der Waals surface area contributed by atoms with Crippen LogP contribution in [0.4, 0.5) is 0 Å². The lowest BCUT2D eigenvalue weighted by molar-refractivity contribution is 0.414. The van der Waals surface area contributed by atoms with E-state index < -0.39 is 0 Å². The van der Waals surface area contributed by atoms with Gasteiger partial charge in [0.2, 0.25) is 0 Å². The Kier molecular flexibility index (Phi) is 3.90. The molecular formula is C22H18O3. The summed E-state index contributed by atoms with van der Waals surface area (Å²) in [6, 6.07) is 24.1. The number of benzene rings is 3. The second kappa shape index (κ2) is 6.36. The van der Waals surface area contributed by atoms with E-state index in [1.165, 1.54) is 0 Å². The minimum Gasteiger partial charge on any atom is -0.497 e. The quantitative estimate of drug-likeness (QED) is 0.475. The minimum atomic E-state index is 0.825. The van der Waals surface area contributed by atoms with E-state index in [-0.39, 0.29) is 0 Å². The average molecular weight is 330 g/mol. The van der Waals surface area contributed by atoms with Gasteiger partial charge in [0.25, 0.3) is 0 Å². The SMILES string of the molecule is COc1ccc(-c2oc3ccccc3c2-c2ccc(OC)cc2)cc1. The molecule has 0 fully saturated rings. The highest BCUT2D eigenvalue weighted by molar-refractivity contribution is 6.01. The smallest absolute Gasteiger partial charge is 0.143 e. The molecule has 0 N–H and O–H groups in total. The largest absolute Gasteiger partial charge is 0.497 e. The normalized spacial score (nSPS) is 10.8. The molecule has 0 amide bonds. The van der Waals surface area contributed by atoms with Crippen LogP contribution in [0.1, 0.15) is 0 Å². The third kappa shape index (κ3) is 2.74. The maximum absolute atomic E-state index is 6.20. The molecule has 0 aliphatic rings. The van der Waals surface area contributed by atoms with Gasteiger partial charge < -0.3 is 13.9 Å². The van der Waals surface area contributed by atoms with Crippen molar-refractivity contribution < 1.29 is 13.9 Å². The lowest BCUT2D eigenvalue weighted by Crippen LogP contribution is -1.85. The molecule has 3 heteroatoms. The fourth-order valence-corrected chi connectivity index (χ4v) is 3.04. The van der Waals surface area contributed by atoms with Crippen LogP contribution in [0.3, 0.4) is 0 Å². The first-order valence-electron chi connectivity index (χ1n) is 8.10. The van der Waals surface area contributed by atoms with Crippen molar-refractivity contribution in [2.75, 3.05) is 14.2 Å². The zero-order valence-corrected chi connectivity index (χ0v) is 14.2. The highest BCUT2D eigenvalue weighted by Gasteiger charge is 2.17. The van der Waals surface area contributed by atoms with Crippen LogP contribution >= 0.6 is 0 Å². The van der Waals surface area contributed by atoms with Gasteiger partial charge in [0.15, 0.2) is 0 Å². The van der Waals surface area contributed by atoms with Crippen LogP contribution in [-0.4, -0.2) is 14.2 Å². The monoisotopic (exact) mass is 330 g/mol. The van der Waals surface area contributed by atoms with Gasteiger partial charge in [0.1, 0.15) is 22.8 Å². The Bertz CT molecular complexity index is 996. The number of hydrogen-bond donors (Lipinski definition) is 0. The Morgan fingerprint density at radius 1 is 0.640 bits per heavy atom. The van der Waals surface area contributed by atoms with Gasteiger partial charge in [-0.25, -0.2) is 0 Å². The highest BCUT2D eigenvalue weighted by Crippen LogP contribution is 2.41. The Hall–Kier alpha value is -3.20. The maximum Gasteiger partial charge on any atom is 0.143 e. The third-order valence-electron chi connectivity index (χ3n) is 4.33. The number of methoxy groups -OCH3 is 2. The van der Waals surface area contributed by atoms with Crippen molar-refractivity contribution in [3.63, 3.8) is 0 Å². The van der Waals surface area contributed by atoms with Crippen LogP contribution in [0.5, 0.6) is 11.5 Å². The van der Waals surface area contributed by atoms with E-state index in [4.69, 9.17) is 13.9 Å². The summed E-state index contributed by atoms with van der Waals surface area (Å²) >= 11 is 0. The van der Waals surface area contributed by atoms with Crippen molar-refractivity contribution in [1.29, 1.82) is 0 Å². The maximum atomic E-state index is 6.20. The van der Waals surface area contributed by atoms with E-state index in [1.54, 1.807) is 14.2 Å². The van der Waals surface area contributed by atoms with E-state index in [0.717, 1.165) is 44.9 Å². The molecule has 3 nitrogen and oxygen atoms in total. The molecule has 0 radical (unpaired) electrons. The molecule has 0 bridgehead atoms. The number of fused-ring (bicyclic) bond motifs is 1. The van der Waals surface area contributed by atoms with E-state index in [1.807, 2.05) is 54.6 Å². The Labute approximate surface area is 146 Å². The second-order valence-electron chi connectivity index (χ2n) is 5.76. The van der Waals surface area contributed by atoms with E-state index >= 15 is 0 Å². The molecule has 0 saturated heterocycles. The predicted molar refractivity (Wildman–Crippen MR) is 100 cm³/mol. The Morgan fingerprint density at radius 2 is 1.20 bits per heavy atom. The first-order valence-corrected chi connectivity index (χ1v) is 8.10. The molecule has 1 heterocycles. The molecule has 1 aromatic heterocycles. The van der Waals surface area contributed by atoms with Gasteiger partial charge >= 0.3 is 0 Å². The first kappa shape index (κ1) is 15.3. The van der Waals surface area contributed by atoms with Crippen molar-refractivity contribution >= 4 is 11.0 Å². The van der Waals surface area contributed by atoms with Crippen molar-refractivity contribution in [2.45, 2.75) is 0 Å². The van der Waals surface area contributed by atoms with E-state index in [0.29, 0.717) is 0 Å². The summed E-state index contributed by atoms with van der Waals surface area (Å²) in [4.78, 5) is 0. The molecule has 0 saturated carbocycles. The van der Waals surface area contributed by atoms with Crippen LogP contribution in [-0.2, 0) is 0 Å². The second-order valence-corrected chi connectivity index (χ2v) is 5.76. The molecular weight excluding hydrogens is 312 g/mol. The molecule has 0 aliphatic carbocycles. The van der Waals surface area contributed by atoms with Gasteiger partial charge in [-0.2, -0.15) is 0 Å². The summed E-state index contributed by atoms with van der Waals surface area (Å²) in [5.74, 6) is 2.52. The number of furan rings is 1. The van der Waals surface area contributed by atoms with Gasteiger partial charge in [0, 0.05) is 16.5 Å².